The lowest BCUT2D eigenvalue weighted by atomic mass is 10.2. The number of hydrogen-bond donors (Lipinski definition) is 2. The van der Waals surface area contributed by atoms with Crippen molar-refractivity contribution in [2.24, 2.45) is 4.99 Å². The van der Waals surface area contributed by atoms with Gasteiger partial charge in [0.25, 0.3) is 0 Å². The summed E-state index contributed by atoms with van der Waals surface area (Å²) in [5.74, 6) is 0.426. The molecule has 2 N–H and O–H groups in total. The fourth-order valence-corrected chi connectivity index (χ4v) is 2.98. The highest BCUT2D eigenvalue weighted by molar-refractivity contribution is 14.0. The van der Waals surface area contributed by atoms with Gasteiger partial charge in [0, 0.05) is 32.9 Å². The summed E-state index contributed by atoms with van der Waals surface area (Å²) in [6.07, 6.45) is 1.72. The lowest BCUT2D eigenvalue weighted by molar-refractivity contribution is 0.581. The van der Waals surface area contributed by atoms with Gasteiger partial charge in [0.1, 0.15) is 15.7 Å². The molecule has 0 amide bonds. The van der Waals surface area contributed by atoms with Crippen LogP contribution in [0, 0.1) is 5.82 Å². The van der Waals surface area contributed by atoms with Crippen molar-refractivity contribution in [3.05, 3.63) is 29.6 Å². The minimum atomic E-state index is -2.98. The molecule has 0 saturated heterocycles. The molecule has 0 aliphatic rings. The number of anilines is 1. The van der Waals surface area contributed by atoms with Crippen LogP contribution in [0.5, 0.6) is 0 Å². The molecule has 0 fully saturated rings. The Kier molecular flexibility index (Phi) is 11.1. The highest BCUT2D eigenvalue weighted by atomic mass is 127. The van der Waals surface area contributed by atoms with E-state index in [4.69, 9.17) is 0 Å². The van der Waals surface area contributed by atoms with E-state index in [9.17, 15) is 12.8 Å². The SMILES string of the molecule is CCNC(=NCc1ccc(N(C)C)c(F)c1)NC(C)CCS(C)(=O)=O.I. The maximum atomic E-state index is 14.0. The van der Waals surface area contributed by atoms with Crippen molar-refractivity contribution in [3.8, 4) is 0 Å². The normalized spacial score (nSPS) is 12.9. The van der Waals surface area contributed by atoms with E-state index in [1.807, 2.05) is 19.9 Å². The number of sulfone groups is 1. The summed E-state index contributed by atoms with van der Waals surface area (Å²) in [4.78, 5) is 6.17. The summed E-state index contributed by atoms with van der Waals surface area (Å²) in [7, 11) is 0.602. The van der Waals surface area contributed by atoms with E-state index >= 15 is 0 Å². The van der Waals surface area contributed by atoms with Gasteiger partial charge in [-0.3, -0.25) is 0 Å². The Morgan fingerprint density at radius 2 is 2.00 bits per heavy atom. The van der Waals surface area contributed by atoms with Crippen LogP contribution in [0.3, 0.4) is 0 Å². The maximum Gasteiger partial charge on any atom is 0.191 e. The molecule has 1 aromatic carbocycles. The Labute approximate surface area is 173 Å². The van der Waals surface area contributed by atoms with E-state index in [0.29, 0.717) is 31.2 Å². The third-order valence-corrected chi connectivity index (χ3v) is 4.54. The first kappa shape index (κ1) is 24.9. The Morgan fingerprint density at radius 1 is 1.35 bits per heavy atom. The van der Waals surface area contributed by atoms with E-state index in [1.54, 1.807) is 25.1 Å². The lowest BCUT2D eigenvalue weighted by Gasteiger charge is -2.17. The zero-order valence-corrected chi connectivity index (χ0v) is 19.2. The first-order valence-corrected chi connectivity index (χ1v) is 10.4. The molecule has 0 aliphatic carbocycles. The summed E-state index contributed by atoms with van der Waals surface area (Å²) < 4.78 is 36.5. The second-order valence-electron chi connectivity index (χ2n) is 6.34. The second kappa shape index (κ2) is 11.6. The molecular formula is C17H30FIN4O2S. The van der Waals surface area contributed by atoms with Crippen molar-refractivity contribution in [3.63, 3.8) is 0 Å². The average molecular weight is 500 g/mol. The zero-order valence-electron chi connectivity index (χ0n) is 16.0. The number of benzene rings is 1. The van der Waals surface area contributed by atoms with Gasteiger partial charge in [-0.25, -0.2) is 17.8 Å². The number of nitrogens with zero attached hydrogens (tertiary/aromatic N) is 2. The van der Waals surface area contributed by atoms with Gasteiger partial charge in [-0.05, 0) is 38.0 Å². The van der Waals surface area contributed by atoms with Crippen LogP contribution in [-0.4, -0.2) is 53.1 Å². The quantitative estimate of drug-likeness (QED) is 0.326. The Hall–Kier alpha value is -1.10. The van der Waals surface area contributed by atoms with Gasteiger partial charge in [-0.15, -0.1) is 24.0 Å². The minimum absolute atomic E-state index is 0. The molecule has 0 radical (unpaired) electrons. The van der Waals surface area contributed by atoms with Crippen molar-refractivity contribution in [1.82, 2.24) is 10.6 Å². The first-order chi connectivity index (χ1) is 11.6. The number of rotatable bonds is 8. The van der Waals surface area contributed by atoms with Gasteiger partial charge in [0.2, 0.25) is 0 Å². The van der Waals surface area contributed by atoms with Gasteiger partial charge in [-0.1, -0.05) is 6.07 Å². The molecule has 6 nitrogen and oxygen atoms in total. The summed E-state index contributed by atoms with van der Waals surface area (Å²) in [6.45, 7) is 4.87. The third-order valence-electron chi connectivity index (χ3n) is 3.56. The summed E-state index contributed by atoms with van der Waals surface area (Å²) in [6, 6.07) is 5.02. The Morgan fingerprint density at radius 3 is 2.50 bits per heavy atom. The monoisotopic (exact) mass is 500 g/mol. The fraction of sp³-hybridized carbons (Fsp3) is 0.588. The molecule has 1 atom stereocenters. The predicted octanol–water partition coefficient (Wildman–Crippen LogP) is 2.39. The Bertz CT molecular complexity index is 696. The molecule has 0 heterocycles. The molecule has 0 aromatic heterocycles. The molecule has 0 saturated carbocycles. The van der Waals surface area contributed by atoms with E-state index in [2.05, 4.69) is 15.6 Å². The van der Waals surface area contributed by atoms with Crippen LogP contribution in [0.4, 0.5) is 10.1 Å². The van der Waals surface area contributed by atoms with Gasteiger partial charge in [0.15, 0.2) is 5.96 Å². The number of hydrogen-bond acceptors (Lipinski definition) is 4. The van der Waals surface area contributed by atoms with Crippen molar-refractivity contribution in [2.45, 2.75) is 32.9 Å². The molecule has 150 valence electrons. The molecule has 0 bridgehead atoms. The smallest absolute Gasteiger partial charge is 0.191 e. The average Bonchev–Trinajstić information content (AvgIpc) is 2.50. The molecule has 26 heavy (non-hydrogen) atoms. The van der Waals surface area contributed by atoms with Gasteiger partial charge in [0.05, 0.1) is 18.0 Å². The van der Waals surface area contributed by atoms with Gasteiger partial charge < -0.3 is 15.5 Å². The molecule has 0 spiro atoms. The van der Waals surface area contributed by atoms with Crippen LogP contribution >= 0.6 is 24.0 Å². The van der Waals surface area contributed by atoms with Crippen LogP contribution in [0.2, 0.25) is 0 Å². The second-order valence-corrected chi connectivity index (χ2v) is 8.60. The fourth-order valence-electron chi connectivity index (χ4n) is 2.20. The van der Waals surface area contributed by atoms with Crippen LogP contribution in [0.1, 0.15) is 25.8 Å². The van der Waals surface area contributed by atoms with E-state index in [-0.39, 0.29) is 41.6 Å². The zero-order chi connectivity index (χ0) is 19.0. The molecule has 1 unspecified atom stereocenters. The van der Waals surface area contributed by atoms with Crippen molar-refractivity contribution in [2.75, 3.05) is 37.5 Å². The highest BCUT2D eigenvalue weighted by Crippen LogP contribution is 2.18. The summed E-state index contributed by atoms with van der Waals surface area (Å²) >= 11 is 0. The number of guanidine groups is 1. The molecule has 9 heteroatoms. The number of halogens is 2. The van der Waals surface area contributed by atoms with Crippen molar-refractivity contribution >= 4 is 45.5 Å². The molecule has 1 rings (SSSR count). The lowest BCUT2D eigenvalue weighted by Crippen LogP contribution is -2.42. The molecule has 1 aromatic rings. The van der Waals surface area contributed by atoms with Crippen LogP contribution in [0.15, 0.2) is 23.2 Å². The van der Waals surface area contributed by atoms with E-state index < -0.39 is 9.84 Å². The Balaban J connectivity index is 0.00000625. The number of nitrogens with one attached hydrogen (secondary N) is 2. The first-order valence-electron chi connectivity index (χ1n) is 8.30. The third kappa shape index (κ3) is 9.56. The predicted molar refractivity (Wildman–Crippen MR) is 118 cm³/mol. The molecule has 0 aliphatic heterocycles. The van der Waals surface area contributed by atoms with Crippen LogP contribution in [0.25, 0.3) is 0 Å². The standard InChI is InChI=1S/C17H29FN4O2S.HI/c1-6-19-17(21-13(2)9-10-25(5,23)24)20-12-14-7-8-16(22(3)4)15(18)11-14;/h7-8,11,13H,6,9-10,12H2,1-5H3,(H2,19,20,21);1H. The molecular weight excluding hydrogens is 470 g/mol. The van der Waals surface area contributed by atoms with Crippen molar-refractivity contribution in [1.29, 1.82) is 0 Å². The maximum absolute atomic E-state index is 14.0. The van der Waals surface area contributed by atoms with Gasteiger partial charge in [-0.2, -0.15) is 0 Å². The van der Waals surface area contributed by atoms with E-state index in [0.717, 1.165) is 5.56 Å². The van der Waals surface area contributed by atoms with Crippen LogP contribution < -0.4 is 15.5 Å². The van der Waals surface area contributed by atoms with Crippen LogP contribution in [-0.2, 0) is 16.4 Å². The summed E-state index contributed by atoms with van der Waals surface area (Å²) in [5.41, 5.74) is 1.30. The van der Waals surface area contributed by atoms with E-state index in [1.165, 1.54) is 12.3 Å². The summed E-state index contributed by atoms with van der Waals surface area (Å²) in [5, 5.41) is 6.29. The van der Waals surface area contributed by atoms with Gasteiger partial charge >= 0.3 is 0 Å². The highest BCUT2D eigenvalue weighted by Gasteiger charge is 2.10. The number of aliphatic imine (C=N–C) groups is 1. The largest absolute Gasteiger partial charge is 0.375 e. The van der Waals surface area contributed by atoms with Crippen molar-refractivity contribution < 1.29 is 12.8 Å². The minimum Gasteiger partial charge on any atom is -0.375 e. The topological polar surface area (TPSA) is 73.8 Å².